The standard InChI is InChI=1S/C18H19N3S/c1-12-7-5-6-9-14(12)21-17-16-13-8-3-2-4-10-15(13)22-18(16)20-11-19-17/h5-7,9,11H,2-4,8,10H2,1H3,(H,19,20,21). The van der Waals surface area contributed by atoms with E-state index in [1.807, 2.05) is 11.3 Å². The second-order valence-corrected chi connectivity index (χ2v) is 6.99. The van der Waals surface area contributed by atoms with E-state index in [0.29, 0.717) is 0 Å². The van der Waals surface area contributed by atoms with Crippen LogP contribution in [0.15, 0.2) is 30.6 Å². The van der Waals surface area contributed by atoms with Crippen molar-refractivity contribution in [2.75, 3.05) is 5.32 Å². The Kier molecular flexibility index (Phi) is 3.54. The van der Waals surface area contributed by atoms with Crippen molar-refractivity contribution in [3.63, 3.8) is 0 Å². The van der Waals surface area contributed by atoms with Crippen molar-refractivity contribution in [1.82, 2.24) is 9.97 Å². The van der Waals surface area contributed by atoms with Crippen molar-refractivity contribution in [3.05, 3.63) is 46.6 Å². The minimum Gasteiger partial charge on any atom is -0.339 e. The number of fused-ring (bicyclic) bond motifs is 3. The van der Waals surface area contributed by atoms with Crippen LogP contribution in [0.2, 0.25) is 0 Å². The summed E-state index contributed by atoms with van der Waals surface area (Å²) in [7, 11) is 0. The van der Waals surface area contributed by atoms with Gasteiger partial charge in [-0.1, -0.05) is 24.6 Å². The van der Waals surface area contributed by atoms with Crippen LogP contribution >= 0.6 is 11.3 Å². The molecule has 2 aromatic heterocycles. The summed E-state index contributed by atoms with van der Waals surface area (Å²) in [6.07, 6.45) is 7.94. The lowest BCUT2D eigenvalue weighted by atomic mass is 10.1. The molecule has 1 aliphatic rings. The van der Waals surface area contributed by atoms with Crippen LogP contribution in [0.4, 0.5) is 11.5 Å². The maximum absolute atomic E-state index is 4.54. The van der Waals surface area contributed by atoms with Gasteiger partial charge in [0, 0.05) is 10.6 Å². The molecule has 0 saturated carbocycles. The molecule has 3 aromatic rings. The first-order chi connectivity index (χ1) is 10.8. The van der Waals surface area contributed by atoms with Crippen molar-refractivity contribution in [2.45, 2.75) is 39.0 Å². The van der Waals surface area contributed by atoms with E-state index >= 15 is 0 Å². The first-order valence-corrected chi connectivity index (χ1v) is 8.72. The van der Waals surface area contributed by atoms with Crippen molar-refractivity contribution in [2.24, 2.45) is 0 Å². The molecule has 112 valence electrons. The lowest BCUT2D eigenvalue weighted by Crippen LogP contribution is -1.98. The molecule has 0 fully saturated rings. The highest BCUT2D eigenvalue weighted by Crippen LogP contribution is 2.38. The summed E-state index contributed by atoms with van der Waals surface area (Å²) in [6.45, 7) is 2.12. The molecule has 0 radical (unpaired) electrons. The molecule has 0 amide bonds. The maximum Gasteiger partial charge on any atom is 0.142 e. The number of nitrogens with zero attached hydrogens (tertiary/aromatic N) is 2. The van der Waals surface area contributed by atoms with Gasteiger partial charge in [0.1, 0.15) is 17.0 Å². The highest BCUT2D eigenvalue weighted by Gasteiger charge is 2.19. The average Bonchev–Trinajstić information content (AvgIpc) is 2.73. The van der Waals surface area contributed by atoms with Crippen molar-refractivity contribution in [1.29, 1.82) is 0 Å². The molecule has 1 N–H and O–H groups in total. The molecule has 4 rings (SSSR count). The van der Waals surface area contributed by atoms with Gasteiger partial charge in [-0.05, 0) is 49.8 Å². The Labute approximate surface area is 134 Å². The van der Waals surface area contributed by atoms with Crippen LogP contribution in [0, 0.1) is 6.92 Å². The van der Waals surface area contributed by atoms with Crippen LogP contribution in [0.25, 0.3) is 10.2 Å². The number of hydrogen-bond acceptors (Lipinski definition) is 4. The van der Waals surface area contributed by atoms with E-state index in [2.05, 4.69) is 46.5 Å². The fourth-order valence-corrected chi connectivity index (χ4v) is 4.43. The Balaban J connectivity index is 1.84. The second-order valence-electron chi connectivity index (χ2n) is 5.91. The zero-order valence-electron chi connectivity index (χ0n) is 12.7. The Hall–Kier alpha value is -1.94. The van der Waals surface area contributed by atoms with Crippen LogP contribution in [0.5, 0.6) is 0 Å². The number of aromatic nitrogens is 2. The minimum atomic E-state index is 0.957. The van der Waals surface area contributed by atoms with Gasteiger partial charge in [-0.2, -0.15) is 0 Å². The monoisotopic (exact) mass is 309 g/mol. The van der Waals surface area contributed by atoms with E-state index in [9.17, 15) is 0 Å². The summed E-state index contributed by atoms with van der Waals surface area (Å²) in [5.74, 6) is 0.957. The van der Waals surface area contributed by atoms with E-state index < -0.39 is 0 Å². The number of aryl methyl sites for hydroxylation is 3. The topological polar surface area (TPSA) is 37.8 Å². The zero-order valence-corrected chi connectivity index (χ0v) is 13.5. The SMILES string of the molecule is Cc1ccccc1Nc1ncnc2sc3c(c12)CCCCC3. The van der Waals surface area contributed by atoms with E-state index in [1.54, 1.807) is 6.33 Å². The molecule has 0 saturated heterocycles. The van der Waals surface area contributed by atoms with Crippen molar-refractivity contribution in [3.8, 4) is 0 Å². The number of rotatable bonds is 2. The van der Waals surface area contributed by atoms with Gasteiger partial charge in [0.2, 0.25) is 0 Å². The number of anilines is 2. The van der Waals surface area contributed by atoms with E-state index in [-0.39, 0.29) is 0 Å². The molecule has 0 aliphatic heterocycles. The highest BCUT2D eigenvalue weighted by atomic mass is 32.1. The lowest BCUT2D eigenvalue weighted by Gasteiger charge is -2.10. The predicted octanol–water partition coefficient (Wildman–Crippen LogP) is 5.01. The number of thiophene rings is 1. The van der Waals surface area contributed by atoms with E-state index in [1.165, 1.54) is 47.1 Å². The molecule has 22 heavy (non-hydrogen) atoms. The second kappa shape index (κ2) is 5.69. The van der Waals surface area contributed by atoms with Crippen LogP contribution < -0.4 is 5.32 Å². The third-order valence-electron chi connectivity index (χ3n) is 4.40. The predicted molar refractivity (Wildman–Crippen MR) is 93.1 cm³/mol. The van der Waals surface area contributed by atoms with Crippen LogP contribution in [-0.4, -0.2) is 9.97 Å². The molecule has 4 heteroatoms. The third-order valence-corrected chi connectivity index (χ3v) is 5.60. The fourth-order valence-electron chi connectivity index (χ4n) is 3.20. The Morgan fingerprint density at radius 2 is 1.91 bits per heavy atom. The smallest absolute Gasteiger partial charge is 0.142 e. The molecular formula is C18H19N3S. The fraction of sp³-hybridized carbons (Fsp3) is 0.333. The van der Waals surface area contributed by atoms with Crippen LogP contribution in [0.1, 0.15) is 35.3 Å². The van der Waals surface area contributed by atoms with Crippen LogP contribution in [-0.2, 0) is 12.8 Å². The van der Waals surface area contributed by atoms with Crippen LogP contribution in [0.3, 0.4) is 0 Å². The minimum absolute atomic E-state index is 0.957. The summed E-state index contributed by atoms with van der Waals surface area (Å²) >= 11 is 1.85. The third kappa shape index (κ3) is 2.37. The number of para-hydroxylation sites is 1. The van der Waals surface area contributed by atoms with Gasteiger partial charge in [-0.15, -0.1) is 11.3 Å². The highest BCUT2D eigenvalue weighted by molar-refractivity contribution is 7.18. The number of nitrogens with one attached hydrogen (secondary N) is 1. The molecular weight excluding hydrogens is 290 g/mol. The molecule has 2 heterocycles. The largest absolute Gasteiger partial charge is 0.339 e. The van der Waals surface area contributed by atoms with E-state index in [0.717, 1.165) is 22.8 Å². The summed E-state index contributed by atoms with van der Waals surface area (Å²) < 4.78 is 0. The van der Waals surface area contributed by atoms with E-state index in [4.69, 9.17) is 0 Å². The number of benzene rings is 1. The van der Waals surface area contributed by atoms with Gasteiger partial charge >= 0.3 is 0 Å². The molecule has 3 nitrogen and oxygen atoms in total. The van der Waals surface area contributed by atoms with Gasteiger partial charge in [0.15, 0.2) is 0 Å². The summed E-state index contributed by atoms with van der Waals surface area (Å²) in [4.78, 5) is 11.7. The lowest BCUT2D eigenvalue weighted by molar-refractivity contribution is 0.713. The number of hydrogen-bond donors (Lipinski definition) is 1. The molecule has 0 atom stereocenters. The zero-order chi connectivity index (χ0) is 14.9. The Bertz CT molecular complexity index is 822. The normalized spacial score (nSPS) is 14.6. The molecule has 0 unspecified atom stereocenters. The summed E-state index contributed by atoms with van der Waals surface area (Å²) in [6, 6.07) is 8.34. The molecule has 0 bridgehead atoms. The summed E-state index contributed by atoms with van der Waals surface area (Å²) in [5.41, 5.74) is 3.83. The van der Waals surface area contributed by atoms with Crippen molar-refractivity contribution >= 4 is 33.1 Å². The Morgan fingerprint density at radius 1 is 1.05 bits per heavy atom. The quantitative estimate of drug-likeness (QED) is 0.676. The van der Waals surface area contributed by atoms with Gasteiger partial charge < -0.3 is 5.32 Å². The first-order valence-electron chi connectivity index (χ1n) is 7.91. The van der Waals surface area contributed by atoms with Gasteiger partial charge in [-0.3, -0.25) is 0 Å². The maximum atomic E-state index is 4.54. The van der Waals surface area contributed by atoms with Crippen molar-refractivity contribution < 1.29 is 0 Å². The van der Waals surface area contributed by atoms with Gasteiger partial charge in [-0.25, -0.2) is 9.97 Å². The molecule has 1 aliphatic carbocycles. The molecule has 1 aromatic carbocycles. The first kappa shape index (κ1) is 13.7. The summed E-state index contributed by atoms with van der Waals surface area (Å²) in [5, 5.41) is 4.77. The van der Waals surface area contributed by atoms with Gasteiger partial charge in [0.25, 0.3) is 0 Å². The van der Waals surface area contributed by atoms with Gasteiger partial charge in [0.05, 0.1) is 5.39 Å². The molecule has 0 spiro atoms. The Morgan fingerprint density at radius 3 is 2.82 bits per heavy atom. The average molecular weight is 309 g/mol.